The maximum Gasteiger partial charge on any atom is 0.151 e. The molecule has 1 N–H and O–H groups in total. The molecule has 1 aliphatic rings. The van der Waals surface area contributed by atoms with Crippen molar-refractivity contribution in [2.24, 2.45) is 0 Å². The summed E-state index contributed by atoms with van der Waals surface area (Å²) in [5, 5.41) is 3.42. The van der Waals surface area contributed by atoms with Crippen LogP contribution in [0.4, 0.5) is 0 Å². The Kier molecular flexibility index (Phi) is 5.43. The molecule has 1 saturated heterocycles. The lowest BCUT2D eigenvalue weighted by Gasteiger charge is -2.26. The van der Waals surface area contributed by atoms with Crippen LogP contribution in [0, 0.1) is 0 Å². The zero-order chi connectivity index (χ0) is 11.3. The van der Waals surface area contributed by atoms with E-state index in [-0.39, 0.29) is 17.5 Å². The summed E-state index contributed by atoms with van der Waals surface area (Å²) in [6.45, 7) is 3.67. The average molecular weight is 251 g/mol. The first-order valence-electron chi connectivity index (χ1n) is 5.57. The molecular weight excluding hydrogens is 230 g/mol. The highest BCUT2D eigenvalue weighted by molar-refractivity contribution is 7.99. The number of hydrogen-bond donors (Lipinski definition) is 1. The van der Waals surface area contributed by atoms with Crippen molar-refractivity contribution >= 4 is 21.6 Å². The maximum absolute atomic E-state index is 11.4. The smallest absolute Gasteiger partial charge is 0.151 e. The largest absolute Gasteiger partial charge is 0.310 e. The molecule has 1 unspecified atom stereocenters. The minimum absolute atomic E-state index is 0.0862. The Labute approximate surface area is 97.3 Å². The third-order valence-corrected chi connectivity index (χ3v) is 5.62. The lowest BCUT2D eigenvalue weighted by atomic mass is 10.1. The summed E-state index contributed by atoms with van der Waals surface area (Å²) in [7, 11) is -2.84. The van der Waals surface area contributed by atoms with Gasteiger partial charge >= 0.3 is 0 Å². The van der Waals surface area contributed by atoms with E-state index in [0.29, 0.717) is 6.04 Å². The lowest BCUT2D eigenvalue weighted by Crippen LogP contribution is -2.42. The summed E-state index contributed by atoms with van der Waals surface area (Å²) < 4.78 is 22.8. The Balaban J connectivity index is 2.31. The molecule has 0 radical (unpaired) electrons. The molecule has 0 amide bonds. The average Bonchev–Trinajstić information content (AvgIpc) is 2.18. The molecule has 3 nitrogen and oxygen atoms in total. The molecule has 1 rings (SSSR count). The van der Waals surface area contributed by atoms with Crippen molar-refractivity contribution in [1.29, 1.82) is 0 Å². The summed E-state index contributed by atoms with van der Waals surface area (Å²) in [5.41, 5.74) is 0. The van der Waals surface area contributed by atoms with Crippen LogP contribution >= 0.6 is 11.8 Å². The molecule has 1 aliphatic heterocycles. The van der Waals surface area contributed by atoms with Crippen LogP contribution in [0.15, 0.2) is 0 Å². The molecule has 0 spiro atoms. The third kappa shape index (κ3) is 5.22. The molecule has 0 bridgehead atoms. The molecule has 1 heterocycles. The van der Waals surface area contributed by atoms with Gasteiger partial charge in [0.05, 0.1) is 5.75 Å². The lowest BCUT2D eigenvalue weighted by molar-refractivity contribution is 0.438. The van der Waals surface area contributed by atoms with Crippen molar-refractivity contribution in [2.45, 2.75) is 38.8 Å². The van der Waals surface area contributed by atoms with E-state index in [1.54, 1.807) is 6.92 Å². The van der Waals surface area contributed by atoms with Gasteiger partial charge in [-0.25, -0.2) is 8.42 Å². The van der Waals surface area contributed by atoms with Gasteiger partial charge < -0.3 is 5.32 Å². The summed E-state index contributed by atoms with van der Waals surface area (Å²) in [4.78, 5) is 0. The predicted molar refractivity (Wildman–Crippen MR) is 67.3 cm³/mol. The fourth-order valence-corrected chi connectivity index (χ4v) is 4.01. The first-order chi connectivity index (χ1) is 7.03. The topological polar surface area (TPSA) is 46.2 Å². The van der Waals surface area contributed by atoms with Crippen LogP contribution in [-0.2, 0) is 9.84 Å². The first-order valence-corrected chi connectivity index (χ1v) is 8.55. The van der Waals surface area contributed by atoms with Gasteiger partial charge in [0.15, 0.2) is 9.84 Å². The summed E-state index contributed by atoms with van der Waals surface area (Å²) in [6, 6.07) is 0.608. The van der Waals surface area contributed by atoms with E-state index in [2.05, 4.69) is 5.32 Å². The molecule has 90 valence electrons. The van der Waals surface area contributed by atoms with Crippen LogP contribution in [0.2, 0.25) is 0 Å². The molecule has 0 aromatic rings. The van der Waals surface area contributed by atoms with Crippen LogP contribution in [0.1, 0.15) is 26.7 Å². The molecule has 0 aromatic heterocycles. The molecule has 15 heavy (non-hydrogen) atoms. The molecule has 0 aliphatic carbocycles. The Morgan fingerprint density at radius 2 is 2.00 bits per heavy atom. The van der Waals surface area contributed by atoms with Crippen molar-refractivity contribution in [2.75, 3.05) is 23.0 Å². The van der Waals surface area contributed by atoms with Gasteiger partial charge in [0, 0.05) is 17.8 Å². The number of sulfone groups is 1. The number of nitrogens with one attached hydrogen (secondary N) is 1. The van der Waals surface area contributed by atoms with E-state index < -0.39 is 9.84 Å². The zero-order valence-corrected chi connectivity index (χ0v) is 11.2. The second-order valence-corrected chi connectivity index (χ2v) is 7.78. The molecular formula is C10H21NO2S2. The highest BCUT2D eigenvalue weighted by atomic mass is 32.2. The van der Waals surface area contributed by atoms with Crippen molar-refractivity contribution in [3.63, 3.8) is 0 Å². The van der Waals surface area contributed by atoms with Crippen molar-refractivity contribution in [3.8, 4) is 0 Å². The third-order valence-electron chi connectivity index (χ3n) is 2.69. The molecule has 1 fully saturated rings. The van der Waals surface area contributed by atoms with Crippen molar-refractivity contribution < 1.29 is 8.42 Å². The zero-order valence-electron chi connectivity index (χ0n) is 9.53. The van der Waals surface area contributed by atoms with Crippen LogP contribution in [0.25, 0.3) is 0 Å². The minimum atomic E-state index is -2.84. The summed E-state index contributed by atoms with van der Waals surface area (Å²) >= 11 is 1.99. The van der Waals surface area contributed by atoms with Crippen molar-refractivity contribution in [3.05, 3.63) is 0 Å². The van der Waals surface area contributed by atoms with Crippen LogP contribution in [0.3, 0.4) is 0 Å². The Morgan fingerprint density at radius 1 is 1.40 bits per heavy atom. The fourth-order valence-electron chi connectivity index (χ4n) is 1.81. The minimum Gasteiger partial charge on any atom is -0.310 e. The van der Waals surface area contributed by atoms with E-state index >= 15 is 0 Å². The van der Waals surface area contributed by atoms with Crippen LogP contribution in [-0.4, -0.2) is 43.5 Å². The molecule has 0 aromatic carbocycles. The van der Waals surface area contributed by atoms with Gasteiger partial charge in [0.2, 0.25) is 0 Å². The highest BCUT2D eigenvalue weighted by Crippen LogP contribution is 2.17. The standard InChI is InChI=1S/C10H21NO2S2/c1-3-15(12,13)8-9(2)11-10-4-6-14-7-5-10/h9-11H,3-8H2,1-2H3. The maximum atomic E-state index is 11.4. The monoisotopic (exact) mass is 251 g/mol. The van der Waals surface area contributed by atoms with Crippen LogP contribution < -0.4 is 5.32 Å². The summed E-state index contributed by atoms with van der Waals surface area (Å²) in [6.07, 6.45) is 2.34. The number of rotatable bonds is 5. The first kappa shape index (κ1) is 13.3. The number of hydrogen-bond acceptors (Lipinski definition) is 4. The Bertz CT molecular complexity index is 271. The van der Waals surface area contributed by atoms with E-state index in [1.807, 2.05) is 18.7 Å². The van der Waals surface area contributed by atoms with E-state index in [1.165, 1.54) is 24.3 Å². The fraction of sp³-hybridized carbons (Fsp3) is 1.00. The van der Waals surface area contributed by atoms with Gasteiger partial charge in [-0.1, -0.05) is 6.92 Å². The van der Waals surface area contributed by atoms with Gasteiger partial charge in [-0.15, -0.1) is 0 Å². The van der Waals surface area contributed by atoms with Gasteiger partial charge in [0.1, 0.15) is 0 Å². The number of thioether (sulfide) groups is 1. The second kappa shape index (κ2) is 6.11. The quantitative estimate of drug-likeness (QED) is 0.800. The summed E-state index contributed by atoms with van der Waals surface area (Å²) in [5.74, 6) is 2.92. The van der Waals surface area contributed by atoms with Crippen molar-refractivity contribution in [1.82, 2.24) is 5.32 Å². The van der Waals surface area contributed by atoms with Crippen LogP contribution in [0.5, 0.6) is 0 Å². The van der Waals surface area contributed by atoms with E-state index in [0.717, 1.165) is 0 Å². The van der Waals surface area contributed by atoms with Gasteiger partial charge in [-0.3, -0.25) is 0 Å². The van der Waals surface area contributed by atoms with Gasteiger partial charge in [-0.05, 0) is 31.3 Å². The van der Waals surface area contributed by atoms with Gasteiger partial charge in [0.25, 0.3) is 0 Å². The van der Waals surface area contributed by atoms with Gasteiger partial charge in [-0.2, -0.15) is 11.8 Å². The molecule has 1 atom stereocenters. The molecule has 5 heteroatoms. The normalized spacial score (nSPS) is 21.5. The Hall–Kier alpha value is 0.260. The Morgan fingerprint density at radius 3 is 2.53 bits per heavy atom. The second-order valence-electron chi connectivity index (χ2n) is 4.15. The predicted octanol–water partition coefficient (Wildman–Crippen LogP) is 1.29. The highest BCUT2D eigenvalue weighted by Gasteiger charge is 2.19. The van der Waals surface area contributed by atoms with E-state index in [9.17, 15) is 8.42 Å². The molecule has 0 saturated carbocycles. The SMILES string of the molecule is CCS(=O)(=O)CC(C)NC1CCSCC1. The van der Waals surface area contributed by atoms with E-state index in [4.69, 9.17) is 0 Å².